The molecule has 0 heterocycles. The molecule has 0 saturated carbocycles. The molecule has 0 aromatic heterocycles. The van der Waals surface area contributed by atoms with Crippen molar-refractivity contribution in [1.82, 2.24) is 0 Å². The summed E-state index contributed by atoms with van der Waals surface area (Å²) in [6, 6.07) is 18.2. The Balaban J connectivity index is 1.60. The molecule has 5 nitrogen and oxygen atoms in total. The smallest absolute Gasteiger partial charge is 0.265 e. The summed E-state index contributed by atoms with van der Waals surface area (Å²) in [6.45, 7) is 3.75. The Kier molecular flexibility index (Phi) is 14.4. The number of ether oxygens (including phenoxy) is 2. The van der Waals surface area contributed by atoms with Gasteiger partial charge in [0.25, 0.3) is 10.1 Å². The lowest BCUT2D eigenvalue weighted by atomic mass is 10.0. The Hall–Kier alpha value is -1.46. The van der Waals surface area contributed by atoms with Crippen molar-refractivity contribution < 1.29 is 22.4 Å². The topological polar surface area (TPSA) is 72.8 Å². The lowest BCUT2D eigenvalue weighted by Gasteiger charge is -2.17. The maximum atomic E-state index is 11.2. The molecule has 2 aromatic rings. The average molecular weight is 509 g/mol. The highest BCUT2D eigenvalue weighted by molar-refractivity contribution is 7.86. The zero-order valence-corrected chi connectivity index (χ0v) is 22.2. The van der Waals surface area contributed by atoms with E-state index in [2.05, 4.69) is 19.1 Å². The normalized spacial score (nSPS) is 12.5. The van der Waals surface area contributed by atoms with Crippen molar-refractivity contribution in [3.8, 4) is 5.75 Å². The van der Waals surface area contributed by atoms with Gasteiger partial charge in [-0.15, -0.1) is 0 Å². The average Bonchev–Trinajstić information content (AvgIpc) is 2.83. The molecule has 0 radical (unpaired) electrons. The second-order valence-corrected chi connectivity index (χ2v) is 12.6. The fraction of sp³-hybridized carbons (Fsp3) is 0.556. The Bertz CT molecular complexity index is 872. The van der Waals surface area contributed by atoms with Gasteiger partial charge in [0.15, 0.2) is 0 Å². The van der Waals surface area contributed by atoms with Crippen LogP contribution in [-0.2, 0) is 21.3 Å². The molecular formula is C27H41O5PS. The highest BCUT2D eigenvalue weighted by atomic mass is 32.2. The van der Waals surface area contributed by atoms with Crippen LogP contribution >= 0.6 is 7.92 Å². The zero-order chi connectivity index (χ0) is 24.5. The van der Waals surface area contributed by atoms with Gasteiger partial charge in [-0.3, -0.25) is 4.55 Å². The van der Waals surface area contributed by atoms with Crippen LogP contribution in [-0.4, -0.2) is 50.9 Å². The van der Waals surface area contributed by atoms with E-state index in [0.29, 0.717) is 26.0 Å². The van der Waals surface area contributed by atoms with Gasteiger partial charge in [-0.2, -0.15) is 8.42 Å². The van der Waals surface area contributed by atoms with E-state index in [0.717, 1.165) is 23.6 Å². The van der Waals surface area contributed by atoms with Crippen molar-refractivity contribution in [3.63, 3.8) is 0 Å². The van der Waals surface area contributed by atoms with Crippen LogP contribution in [0.5, 0.6) is 5.75 Å². The summed E-state index contributed by atoms with van der Waals surface area (Å²) in [4.78, 5) is 0. The predicted octanol–water partition coefficient (Wildman–Crippen LogP) is 6.07. The molecular weight excluding hydrogens is 467 g/mol. The van der Waals surface area contributed by atoms with Crippen LogP contribution in [0.4, 0.5) is 0 Å². The second kappa shape index (κ2) is 17.0. The molecule has 0 aliphatic heterocycles. The van der Waals surface area contributed by atoms with Crippen LogP contribution < -0.4 is 10.0 Å². The summed E-state index contributed by atoms with van der Waals surface area (Å²) >= 11 is 0. The molecule has 0 aliphatic carbocycles. The molecule has 190 valence electrons. The van der Waals surface area contributed by atoms with E-state index in [4.69, 9.17) is 14.0 Å². The van der Waals surface area contributed by atoms with E-state index < -0.39 is 18.0 Å². The lowest BCUT2D eigenvalue weighted by molar-refractivity contribution is 0.111. The minimum Gasteiger partial charge on any atom is -0.491 e. The second-order valence-electron chi connectivity index (χ2n) is 8.58. The third-order valence-corrected chi connectivity index (χ3v) is 9.27. The maximum Gasteiger partial charge on any atom is 0.265 e. The van der Waals surface area contributed by atoms with Crippen molar-refractivity contribution in [2.75, 3.05) is 37.9 Å². The summed E-state index contributed by atoms with van der Waals surface area (Å²) in [6.07, 6.45) is 11.6. The minimum absolute atomic E-state index is 0.217. The molecule has 0 amide bonds. The fourth-order valence-electron chi connectivity index (χ4n) is 3.77. The molecule has 1 unspecified atom stereocenters. The Labute approximate surface area is 207 Å². The Morgan fingerprint density at radius 1 is 0.794 bits per heavy atom. The van der Waals surface area contributed by atoms with Crippen LogP contribution in [0.2, 0.25) is 0 Å². The molecule has 0 saturated heterocycles. The summed E-state index contributed by atoms with van der Waals surface area (Å²) in [5, 5.41) is 1.12. The Morgan fingerprint density at radius 3 is 2.15 bits per heavy atom. The van der Waals surface area contributed by atoms with Crippen LogP contribution in [0.25, 0.3) is 0 Å². The van der Waals surface area contributed by atoms with Gasteiger partial charge in [0.05, 0.1) is 19.0 Å². The van der Waals surface area contributed by atoms with E-state index in [-0.39, 0.29) is 5.75 Å². The molecule has 0 aliphatic rings. The third kappa shape index (κ3) is 13.4. The molecule has 0 bridgehead atoms. The van der Waals surface area contributed by atoms with Crippen molar-refractivity contribution in [2.24, 2.45) is 0 Å². The van der Waals surface area contributed by atoms with Gasteiger partial charge in [0.1, 0.15) is 12.4 Å². The minimum atomic E-state index is -3.96. The van der Waals surface area contributed by atoms with Gasteiger partial charge < -0.3 is 9.47 Å². The summed E-state index contributed by atoms with van der Waals surface area (Å²) in [5.41, 5.74) is 1.36. The molecule has 7 heteroatoms. The molecule has 0 fully saturated rings. The molecule has 1 N–H and O–H groups in total. The van der Waals surface area contributed by atoms with Gasteiger partial charge in [0.2, 0.25) is 0 Å². The summed E-state index contributed by atoms with van der Waals surface area (Å²) in [7, 11) is -4.66. The van der Waals surface area contributed by atoms with Crippen LogP contribution in [0.1, 0.15) is 57.4 Å². The van der Waals surface area contributed by atoms with Gasteiger partial charge in [-0.25, -0.2) is 0 Å². The van der Waals surface area contributed by atoms with Gasteiger partial charge >= 0.3 is 0 Å². The maximum absolute atomic E-state index is 11.2. The highest BCUT2D eigenvalue weighted by Gasteiger charge is 2.15. The molecule has 2 rings (SSSR count). The van der Waals surface area contributed by atoms with Crippen LogP contribution in [0.15, 0.2) is 54.6 Å². The van der Waals surface area contributed by atoms with Crippen LogP contribution in [0.3, 0.4) is 0 Å². The van der Waals surface area contributed by atoms with E-state index >= 15 is 0 Å². The number of benzene rings is 2. The first-order valence-corrected chi connectivity index (χ1v) is 15.8. The van der Waals surface area contributed by atoms with Crippen molar-refractivity contribution in [3.05, 3.63) is 60.2 Å². The van der Waals surface area contributed by atoms with Crippen LogP contribution in [0, 0.1) is 0 Å². The third-order valence-electron chi connectivity index (χ3n) is 5.73. The zero-order valence-electron chi connectivity index (χ0n) is 20.5. The standard InChI is InChI=1S/C27H41O5PS/c1-2-3-4-5-6-7-9-12-25-15-17-26(18-16-25)32-20-19-31-21-22-33(23-24-34(28,29)30)27-13-10-8-11-14-27/h8,10-11,13-18H,2-7,9,12,19-24H2,1H3,(H,28,29,30). The van der Waals surface area contributed by atoms with Gasteiger partial charge in [-0.1, -0.05) is 95.8 Å². The Morgan fingerprint density at radius 2 is 1.47 bits per heavy atom. The first kappa shape index (κ1) is 28.8. The first-order valence-electron chi connectivity index (χ1n) is 12.5. The largest absolute Gasteiger partial charge is 0.491 e. The van der Waals surface area contributed by atoms with E-state index in [1.54, 1.807) is 0 Å². The number of rotatable bonds is 19. The SMILES string of the molecule is CCCCCCCCCc1ccc(OCCOCCP(CCS(=O)(=O)O)c2ccccc2)cc1. The van der Waals surface area contributed by atoms with Crippen molar-refractivity contribution in [2.45, 2.75) is 58.3 Å². The summed E-state index contributed by atoms with van der Waals surface area (Å²) in [5.74, 6) is 0.637. The molecule has 34 heavy (non-hydrogen) atoms. The molecule has 1 atom stereocenters. The highest BCUT2D eigenvalue weighted by Crippen LogP contribution is 2.33. The molecule has 2 aromatic carbocycles. The quantitative estimate of drug-likeness (QED) is 0.142. The van der Waals surface area contributed by atoms with Crippen molar-refractivity contribution in [1.29, 1.82) is 0 Å². The predicted molar refractivity (Wildman–Crippen MR) is 144 cm³/mol. The number of hydrogen-bond donors (Lipinski definition) is 1. The monoisotopic (exact) mass is 508 g/mol. The fourth-order valence-corrected chi connectivity index (χ4v) is 7.26. The van der Waals surface area contributed by atoms with Gasteiger partial charge in [0, 0.05) is 0 Å². The van der Waals surface area contributed by atoms with E-state index in [9.17, 15) is 8.42 Å². The first-order chi connectivity index (χ1) is 16.5. The number of unbranched alkanes of at least 4 members (excludes halogenated alkanes) is 6. The van der Waals surface area contributed by atoms with Gasteiger partial charge in [-0.05, 0) is 48.2 Å². The number of aryl methyl sites for hydroxylation is 1. The van der Waals surface area contributed by atoms with E-state index in [1.807, 2.05) is 42.5 Å². The van der Waals surface area contributed by atoms with Crippen molar-refractivity contribution >= 4 is 23.3 Å². The molecule has 0 spiro atoms. The number of hydrogen-bond acceptors (Lipinski definition) is 4. The summed E-state index contributed by atoms with van der Waals surface area (Å²) < 4.78 is 43.0. The van der Waals surface area contributed by atoms with E-state index in [1.165, 1.54) is 50.5 Å². The lowest BCUT2D eigenvalue weighted by Crippen LogP contribution is -2.16.